The summed E-state index contributed by atoms with van der Waals surface area (Å²) in [5.41, 5.74) is 0. The van der Waals surface area contributed by atoms with Crippen molar-refractivity contribution >= 4 is 23.8 Å². The third-order valence-corrected chi connectivity index (χ3v) is 12.1. The maximum atomic E-state index is 13.3. The average Bonchev–Trinajstić information content (AvgIpc) is 3.02. The molecule has 0 bridgehead atoms. The minimum atomic E-state index is -0.838. The van der Waals surface area contributed by atoms with E-state index in [9.17, 15) is 29.4 Å². The summed E-state index contributed by atoms with van der Waals surface area (Å²) in [6.45, 7) is 0. The molecule has 0 saturated heterocycles. The molecule has 0 aromatic rings. The van der Waals surface area contributed by atoms with Gasteiger partial charge in [-0.3, -0.25) is 19.2 Å². The van der Waals surface area contributed by atoms with Crippen LogP contribution in [0.5, 0.6) is 0 Å². The highest BCUT2D eigenvalue weighted by Crippen LogP contribution is 2.44. The zero-order chi connectivity index (χ0) is 29.6. The van der Waals surface area contributed by atoms with Crippen molar-refractivity contribution in [1.82, 2.24) is 10.6 Å². The molecule has 5 aliphatic rings. The Morgan fingerprint density at radius 1 is 0.405 bits per heavy atom. The topological polar surface area (TPSA) is 133 Å². The summed E-state index contributed by atoms with van der Waals surface area (Å²) in [6, 6.07) is -0.0114. The number of nitrogens with one attached hydrogen (secondary N) is 2. The highest BCUT2D eigenvalue weighted by Gasteiger charge is 2.44. The fourth-order valence-corrected chi connectivity index (χ4v) is 9.65. The van der Waals surface area contributed by atoms with Crippen molar-refractivity contribution in [2.45, 2.75) is 141 Å². The standard InChI is InChI=1S/C34H54N2O6/c37-31(27-17-11-23(19-29(27)33(39)40)21-7-3-1-4-8-21)35-25-13-15-26(16-14-25)36-32(38)28-18-12-24(20-30(28)34(41)42)22-9-5-2-6-10-22/h21-30H,1-20H2,(H,35,37)(H,36,38)(H,39,40)(H,41,42). The number of carbonyl (C=O) groups excluding carboxylic acids is 2. The number of carbonyl (C=O) groups is 4. The van der Waals surface area contributed by atoms with Gasteiger partial charge >= 0.3 is 11.9 Å². The molecule has 2 amide bonds. The van der Waals surface area contributed by atoms with Gasteiger partial charge in [-0.1, -0.05) is 64.2 Å². The van der Waals surface area contributed by atoms with E-state index in [0.29, 0.717) is 49.4 Å². The summed E-state index contributed by atoms with van der Waals surface area (Å²) in [5.74, 6) is -1.94. The van der Waals surface area contributed by atoms with E-state index in [-0.39, 0.29) is 23.9 Å². The fraction of sp³-hybridized carbons (Fsp3) is 0.882. The quantitative estimate of drug-likeness (QED) is 0.279. The number of carboxylic acids is 2. The molecule has 0 radical (unpaired) electrons. The average molecular weight is 587 g/mol. The molecule has 0 heterocycles. The van der Waals surface area contributed by atoms with Crippen molar-refractivity contribution in [2.24, 2.45) is 47.3 Å². The first-order valence-corrected chi connectivity index (χ1v) is 17.4. The Morgan fingerprint density at radius 3 is 1.10 bits per heavy atom. The van der Waals surface area contributed by atoms with Crippen molar-refractivity contribution in [3.05, 3.63) is 0 Å². The zero-order valence-corrected chi connectivity index (χ0v) is 25.4. The first kappa shape index (κ1) is 31.3. The number of rotatable bonds is 8. The molecular formula is C34H54N2O6. The Kier molecular flexibility index (Phi) is 10.9. The van der Waals surface area contributed by atoms with Gasteiger partial charge in [0.25, 0.3) is 0 Å². The summed E-state index contributed by atoms with van der Waals surface area (Å²) < 4.78 is 0. The van der Waals surface area contributed by atoms with Crippen LogP contribution in [0.15, 0.2) is 0 Å². The van der Waals surface area contributed by atoms with Crippen LogP contribution in [-0.4, -0.2) is 46.0 Å². The summed E-state index contributed by atoms with van der Waals surface area (Å²) in [6.07, 6.45) is 19.8. The maximum absolute atomic E-state index is 13.3. The van der Waals surface area contributed by atoms with Gasteiger partial charge in [-0.05, 0) is 87.9 Å². The van der Waals surface area contributed by atoms with E-state index in [1.54, 1.807) is 0 Å². The highest BCUT2D eigenvalue weighted by molar-refractivity contribution is 5.86. The van der Waals surface area contributed by atoms with E-state index in [4.69, 9.17) is 0 Å². The van der Waals surface area contributed by atoms with E-state index in [2.05, 4.69) is 10.6 Å². The third kappa shape index (κ3) is 7.68. The lowest BCUT2D eigenvalue weighted by atomic mass is 9.66. The van der Waals surface area contributed by atoms with Crippen LogP contribution in [0.3, 0.4) is 0 Å². The Hall–Kier alpha value is -2.12. The second-order valence-corrected chi connectivity index (χ2v) is 14.6. The summed E-state index contributed by atoms with van der Waals surface area (Å²) in [7, 11) is 0. The molecule has 5 saturated carbocycles. The lowest BCUT2D eigenvalue weighted by molar-refractivity contribution is -0.151. The van der Waals surface area contributed by atoms with E-state index in [1.807, 2.05) is 0 Å². The van der Waals surface area contributed by atoms with Gasteiger partial charge in [0.15, 0.2) is 0 Å². The molecule has 0 aliphatic heterocycles. The van der Waals surface area contributed by atoms with Crippen molar-refractivity contribution in [3.8, 4) is 0 Å². The number of hydrogen-bond donors (Lipinski definition) is 4. The number of aliphatic carboxylic acids is 2. The molecule has 4 N–H and O–H groups in total. The molecule has 0 aromatic heterocycles. The van der Waals surface area contributed by atoms with Crippen molar-refractivity contribution < 1.29 is 29.4 Å². The Bertz CT molecular complexity index is 874. The second-order valence-electron chi connectivity index (χ2n) is 14.6. The molecule has 8 nitrogen and oxygen atoms in total. The smallest absolute Gasteiger partial charge is 0.307 e. The monoisotopic (exact) mass is 586 g/mol. The van der Waals surface area contributed by atoms with E-state index in [1.165, 1.54) is 64.2 Å². The SMILES string of the molecule is O=C(O)C1CC(C2CCCCC2)CCC1C(=O)NC1CCC(NC(=O)C2CCC(C3CCCCC3)CC2C(=O)O)CC1. The Morgan fingerprint density at radius 2 is 0.762 bits per heavy atom. The predicted octanol–water partition coefficient (Wildman–Crippen LogP) is 5.92. The molecule has 0 aromatic carbocycles. The van der Waals surface area contributed by atoms with Gasteiger partial charge in [0.1, 0.15) is 0 Å². The van der Waals surface area contributed by atoms with Gasteiger partial charge in [-0.15, -0.1) is 0 Å². The Balaban J connectivity index is 1.07. The van der Waals surface area contributed by atoms with Gasteiger partial charge in [-0.25, -0.2) is 0 Å². The van der Waals surface area contributed by atoms with Crippen LogP contribution < -0.4 is 10.6 Å². The zero-order valence-electron chi connectivity index (χ0n) is 25.4. The molecule has 5 fully saturated rings. The molecule has 5 rings (SSSR count). The number of carboxylic acid groups (broad SMARTS) is 2. The molecule has 6 unspecified atom stereocenters. The third-order valence-electron chi connectivity index (χ3n) is 12.1. The summed E-state index contributed by atoms with van der Waals surface area (Å²) >= 11 is 0. The van der Waals surface area contributed by atoms with Crippen LogP contribution in [0.2, 0.25) is 0 Å². The molecule has 42 heavy (non-hydrogen) atoms. The molecule has 236 valence electrons. The number of amides is 2. The van der Waals surface area contributed by atoms with Gasteiger partial charge in [-0.2, -0.15) is 0 Å². The molecule has 6 atom stereocenters. The molecule has 0 spiro atoms. The van der Waals surface area contributed by atoms with Gasteiger partial charge in [0, 0.05) is 12.1 Å². The van der Waals surface area contributed by atoms with Crippen LogP contribution in [0, 0.1) is 47.3 Å². The van der Waals surface area contributed by atoms with Crippen LogP contribution >= 0.6 is 0 Å². The van der Waals surface area contributed by atoms with Crippen molar-refractivity contribution in [3.63, 3.8) is 0 Å². The van der Waals surface area contributed by atoms with Gasteiger partial charge in [0.05, 0.1) is 23.7 Å². The minimum absolute atomic E-state index is 0.00568. The van der Waals surface area contributed by atoms with E-state index >= 15 is 0 Å². The summed E-state index contributed by atoms with van der Waals surface area (Å²) in [5, 5.41) is 26.3. The highest BCUT2D eigenvalue weighted by atomic mass is 16.4. The number of hydrogen-bond acceptors (Lipinski definition) is 4. The van der Waals surface area contributed by atoms with Crippen LogP contribution in [0.4, 0.5) is 0 Å². The van der Waals surface area contributed by atoms with Crippen molar-refractivity contribution in [1.29, 1.82) is 0 Å². The van der Waals surface area contributed by atoms with Crippen LogP contribution in [0.25, 0.3) is 0 Å². The predicted molar refractivity (Wildman–Crippen MR) is 159 cm³/mol. The van der Waals surface area contributed by atoms with Crippen LogP contribution in [0.1, 0.15) is 128 Å². The normalized spacial score (nSPS) is 37.0. The summed E-state index contributed by atoms with van der Waals surface area (Å²) in [4.78, 5) is 50.9. The van der Waals surface area contributed by atoms with Gasteiger partial charge in [0.2, 0.25) is 11.8 Å². The lowest BCUT2D eigenvalue weighted by Gasteiger charge is -2.40. The maximum Gasteiger partial charge on any atom is 0.307 e. The molecule has 8 heteroatoms. The molecule has 5 aliphatic carbocycles. The van der Waals surface area contributed by atoms with Crippen LogP contribution in [-0.2, 0) is 19.2 Å². The Labute approximate surface area is 251 Å². The van der Waals surface area contributed by atoms with Gasteiger partial charge < -0.3 is 20.8 Å². The second kappa shape index (κ2) is 14.6. The van der Waals surface area contributed by atoms with E-state index < -0.39 is 35.6 Å². The first-order valence-electron chi connectivity index (χ1n) is 17.4. The van der Waals surface area contributed by atoms with E-state index in [0.717, 1.165) is 38.5 Å². The van der Waals surface area contributed by atoms with Crippen molar-refractivity contribution in [2.75, 3.05) is 0 Å². The largest absolute Gasteiger partial charge is 0.481 e. The first-order chi connectivity index (χ1) is 20.3. The molecular weight excluding hydrogens is 532 g/mol. The lowest BCUT2D eigenvalue weighted by Crippen LogP contribution is -2.50. The fourth-order valence-electron chi connectivity index (χ4n) is 9.65. The minimum Gasteiger partial charge on any atom is -0.481 e.